The first-order valence-electron chi connectivity index (χ1n) is 3.69. The smallest absolute Gasteiger partial charge is 0.201 e. The minimum atomic E-state index is -0.145. The van der Waals surface area contributed by atoms with Crippen LogP contribution < -0.4 is 5.73 Å². The molecule has 1 aromatic heterocycles. The molecule has 1 heterocycles. The zero-order valence-electron chi connectivity index (χ0n) is 7.22. The monoisotopic (exact) mass is 154 g/mol. The summed E-state index contributed by atoms with van der Waals surface area (Å²) in [7, 11) is 0. The zero-order chi connectivity index (χ0) is 8.48. The van der Waals surface area contributed by atoms with Crippen molar-refractivity contribution in [2.45, 2.75) is 26.2 Å². The van der Waals surface area contributed by atoms with Crippen molar-refractivity contribution in [3.8, 4) is 0 Å². The van der Waals surface area contributed by atoms with Gasteiger partial charge in [0.15, 0.2) is 0 Å². The number of nitrogens with two attached hydrogens (primary N) is 1. The third-order valence-corrected chi connectivity index (χ3v) is 1.71. The maximum absolute atomic E-state index is 5.55. The van der Waals surface area contributed by atoms with E-state index in [-0.39, 0.29) is 5.41 Å². The molecule has 0 aliphatic heterocycles. The van der Waals surface area contributed by atoms with E-state index in [0.29, 0.717) is 6.54 Å². The average Bonchev–Trinajstić information content (AvgIpc) is 2.36. The molecule has 3 nitrogen and oxygen atoms in total. The lowest BCUT2D eigenvalue weighted by atomic mass is 9.94. The molecule has 0 aliphatic rings. The second kappa shape index (κ2) is 2.66. The number of rotatable bonds is 2. The van der Waals surface area contributed by atoms with E-state index >= 15 is 0 Å². The van der Waals surface area contributed by atoms with E-state index in [2.05, 4.69) is 4.98 Å². The number of aromatic nitrogens is 1. The van der Waals surface area contributed by atoms with Crippen LogP contribution in [0.4, 0.5) is 0 Å². The van der Waals surface area contributed by atoms with Gasteiger partial charge in [-0.05, 0) is 20.8 Å². The Labute approximate surface area is 66.6 Å². The van der Waals surface area contributed by atoms with E-state index in [1.807, 2.05) is 20.8 Å². The van der Waals surface area contributed by atoms with Gasteiger partial charge in [-0.15, -0.1) is 0 Å². The summed E-state index contributed by atoms with van der Waals surface area (Å²) in [6, 6.07) is 0. The van der Waals surface area contributed by atoms with Gasteiger partial charge in [0.25, 0.3) is 0 Å². The van der Waals surface area contributed by atoms with Crippen LogP contribution in [0.5, 0.6) is 0 Å². The number of hydrogen-bond acceptors (Lipinski definition) is 3. The predicted molar refractivity (Wildman–Crippen MR) is 43.3 cm³/mol. The minimum Gasteiger partial charge on any atom is -0.445 e. The van der Waals surface area contributed by atoms with Crippen molar-refractivity contribution >= 4 is 0 Å². The highest BCUT2D eigenvalue weighted by atomic mass is 16.4. The fourth-order valence-corrected chi connectivity index (χ4v) is 0.755. The molecule has 0 radical (unpaired) electrons. The maximum atomic E-state index is 5.55. The summed E-state index contributed by atoms with van der Waals surface area (Å²) in [5.41, 5.74) is 5.40. The van der Waals surface area contributed by atoms with Gasteiger partial charge in [-0.2, -0.15) is 0 Å². The molecule has 0 amide bonds. The van der Waals surface area contributed by atoms with Crippen LogP contribution in [0.3, 0.4) is 0 Å². The second-order valence-electron chi connectivity index (χ2n) is 3.36. The quantitative estimate of drug-likeness (QED) is 0.696. The van der Waals surface area contributed by atoms with Gasteiger partial charge in [0, 0.05) is 6.54 Å². The fraction of sp³-hybridized carbons (Fsp3) is 0.625. The van der Waals surface area contributed by atoms with Gasteiger partial charge in [0.1, 0.15) is 5.76 Å². The molecule has 0 fully saturated rings. The molecule has 0 aliphatic carbocycles. The first kappa shape index (κ1) is 8.27. The summed E-state index contributed by atoms with van der Waals surface area (Å²) in [5.74, 6) is 1.55. The number of aryl methyl sites for hydroxylation is 1. The fourth-order valence-electron chi connectivity index (χ4n) is 0.755. The summed E-state index contributed by atoms with van der Waals surface area (Å²) in [4.78, 5) is 4.11. The largest absolute Gasteiger partial charge is 0.445 e. The molecule has 0 aromatic carbocycles. The van der Waals surface area contributed by atoms with Crippen molar-refractivity contribution < 1.29 is 4.42 Å². The van der Waals surface area contributed by atoms with E-state index in [1.54, 1.807) is 6.20 Å². The van der Waals surface area contributed by atoms with Gasteiger partial charge in [-0.3, -0.25) is 0 Å². The van der Waals surface area contributed by atoms with Gasteiger partial charge in [-0.25, -0.2) is 4.98 Å². The first-order valence-corrected chi connectivity index (χ1v) is 3.69. The molecule has 1 aromatic rings. The molecule has 11 heavy (non-hydrogen) atoms. The highest BCUT2D eigenvalue weighted by Crippen LogP contribution is 2.20. The standard InChI is InChI=1S/C8H14N2O/c1-6-4-10-7(11-6)8(2,3)5-9/h4H,5,9H2,1-3H3. The molecule has 3 heteroatoms. The lowest BCUT2D eigenvalue weighted by molar-refractivity contribution is 0.365. The van der Waals surface area contributed by atoms with Gasteiger partial charge in [0.2, 0.25) is 5.89 Å². The highest BCUT2D eigenvalue weighted by Gasteiger charge is 2.23. The molecule has 0 bridgehead atoms. The summed E-state index contributed by atoms with van der Waals surface area (Å²) in [6.45, 7) is 6.45. The van der Waals surface area contributed by atoms with Gasteiger partial charge >= 0.3 is 0 Å². The second-order valence-corrected chi connectivity index (χ2v) is 3.36. The molecule has 1 rings (SSSR count). The number of hydrogen-bond donors (Lipinski definition) is 1. The van der Waals surface area contributed by atoms with E-state index in [4.69, 9.17) is 10.2 Å². The van der Waals surface area contributed by atoms with Crippen LogP contribution in [0.1, 0.15) is 25.5 Å². The van der Waals surface area contributed by atoms with Crippen molar-refractivity contribution in [2.24, 2.45) is 5.73 Å². The molecular weight excluding hydrogens is 140 g/mol. The summed E-state index contributed by atoms with van der Waals surface area (Å²) < 4.78 is 5.35. The Morgan fingerprint density at radius 1 is 1.64 bits per heavy atom. The molecule has 2 N–H and O–H groups in total. The van der Waals surface area contributed by atoms with Crippen LogP contribution >= 0.6 is 0 Å². The summed E-state index contributed by atoms with van der Waals surface area (Å²) in [6.07, 6.45) is 1.72. The normalized spacial score (nSPS) is 12.0. The summed E-state index contributed by atoms with van der Waals surface area (Å²) >= 11 is 0. The van der Waals surface area contributed by atoms with E-state index < -0.39 is 0 Å². The lowest BCUT2D eigenvalue weighted by Gasteiger charge is -2.16. The number of nitrogens with zero attached hydrogens (tertiary/aromatic N) is 1. The molecule has 0 saturated carbocycles. The van der Waals surface area contributed by atoms with Crippen molar-refractivity contribution in [2.75, 3.05) is 6.54 Å². The average molecular weight is 154 g/mol. The van der Waals surface area contributed by atoms with Gasteiger partial charge in [0.05, 0.1) is 11.6 Å². The summed E-state index contributed by atoms with van der Waals surface area (Å²) in [5, 5.41) is 0. The van der Waals surface area contributed by atoms with Crippen LogP contribution in [0.15, 0.2) is 10.6 Å². The highest BCUT2D eigenvalue weighted by molar-refractivity contribution is 5.03. The van der Waals surface area contributed by atoms with E-state index in [0.717, 1.165) is 11.7 Å². The van der Waals surface area contributed by atoms with Crippen LogP contribution in [0, 0.1) is 6.92 Å². The SMILES string of the molecule is Cc1cnc(C(C)(C)CN)o1. The molecular formula is C8H14N2O. The first-order chi connectivity index (χ1) is 5.06. The molecule has 0 saturated heterocycles. The Kier molecular flexibility index (Phi) is 2.00. The van der Waals surface area contributed by atoms with Crippen molar-refractivity contribution in [3.63, 3.8) is 0 Å². The van der Waals surface area contributed by atoms with E-state index in [1.165, 1.54) is 0 Å². The Morgan fingerprint density at radius 3 is 2.64 bits per heavy atom. The van der Waals surface area contributed by atoms with Crippen molar-refractivity contribution in [1.29, 1.82) is 0 Å². The van der Waals surface area contributed by atoms with E-state index in [9.17, 15) is 0 Å². The number of oxazole rings is 1. The van der Waals surface area contributed by atoms with Crippen molar-refractivity contribution in [1.82, 2.24) is 4.98 Å². The third-order valence-electron chi connectivity index (χ3n) is 1.71. The molecule has 0 spiro atoms. The Morgan fingerprint density at radius 2 is 2.27 bits per heavy atom. The Hall–Kier alpha value is -0.830. The zero-order valence-corrected chi connectivity index (χ0v) is 7.22. The topological polar surface area (TPSA) is 52.0 Å². The van der Waals surface area contributed by atoms with Crippen LogP contribution in [0.25, 0.3) is 0 Å². The molecule has 0 unspecified atom stereocenters. The predicted octanol–water partition coefficient (Wildman–Crippen LogP) is 1.22. The Balaban J connectivity index is 2.92. The van der Waals surface area contributed by atoms with Gasteiger partial charge < -0.3 is 10.2 Å². The Bertz CT molecular complexity index is 240. The van der Waals surface area contributed by atoms with Gasteiger partial charge in [-0.1, -0.05) is 0 Å². The van der Waals surface area contributed by atoms with Crippen LogP contribution in [-0.2, 0) is 5.41 Å². The lowest BCUT2D eigenvalue weighted by Crippen LogP contribution is -2.28. The molecule has 62 valence electrons. The van der Waals surface area contributed by atoms with Crippen molar-refractivity contribution in [3.05, 3.63) is 17.8 Å². The van der Waals surface area contributed by atoms with Crippen LogP contribution in [-0.4, -0.2) is 11.5 Å². The minimum absolute atomic E-state index is 0.145. The molecule has 0 atom stereocenters. The third kappa shape index (κ3) is 1.60. The van der Waals surface area contributed by atoms with Crippen LogP contribution in [0.2, 0.25) is 0 Å². The maximum Gasteiger partial charge on any atom is 0.201 e.